The minimum atomic E-state index is -0.218. The van der Waals surface area contributed by atoms with Crippen LogP contribution in [0.1, 0.15) is 32.4 Å². The number of anilines is 1. The fraction of sp³-hybridized carbons (Fsp3) is 0.294. The summed E-state index contributed by atoms with van der Waals surface area (Å²) in [4.78, 5) is 0. The average molecular weight is 352 g/mol. The van der Waals surface area contributed by atoms with Crippen LogP contribution < -0.4 is 10.1 Å². The normalized spacial score (nSPS) is 12.3. The van der Waals surface area contributed by atoms with Crippen molar-refractivity contribution in [1.29, 1.82) is 0 Å². The van der Waals surface area contributed by atoms with E-state index < -0.39 is 0 Å². The van der Waals surface area contributed by atoms with Gasteiger partial charge in [0, 0.05) is 15.7 Å². The van der Waals surface area contributed by atoms with E-state index in [2.05, 4.69) is 21.2 Å². The average Bonchev–Trinajstić information content (AvgIpc) is 2.40. The van der Waals surface area contributed by atoms with Crippen LogP contribution in [-0.2, 0) is 0 Å². The first-order valence-electron chi connectivity index (χ1n) is 6.94. The van der Waals surface area contributed by atoms with Gasteiger partial charge in [0.05, 0.1) is 12.1 Å². The van der Waals surface area contributed by atoms with Gasteiger partial charge in [-0.2, -0.15) is 0 Å². The Kier molecular flexibility index (Phi) is 5.23. The molecule has 1 unspecified atom stereocenters. The van der Waals surface area contributed by atoms with Crippen molar-refractivity contribution in [2.45, 2.75) is 32.9 Å². The van der Waals surface area contributed by atoms with E-state index >= 15 is 0 Å². The molecule has 0 aromatic heterocycles. The third-order valence-electron chi connectivity index (χ3n) is 3.04. The summed E-state index contributed by atoms with van der Waals surface area (Å²) in [5.74, 6) is 0.613. The molecule has 0 heterocycles. The molecule has 2 aromatic rings. The van der Waals surface area contributed by atoms with Crippen molar-refractivity contribution in [3.63, 3.8) is 0 Å². The third-order valence-corrected chi connectivity index (χ3v) is 3.53. The molecule has 2 nitrogen and oxygen atoms in total. The lowest BCUT2D eigenvalue weighted by atomic mass is 10.1. The zero-order valence-corrected chi connectivity index (χ0v) is 13.9. The first-order chi connectivity index (χ1) is 9.95. The first-order valence-corrected chi connectivity index (χ1v) is 7.73. The van der Waals surface area contributed by atoms with E-state index in [4.69, 9.17) is 4.74 Å². The van der Waals surface area contributed by atoms with E-state index in [9.17, 15) is 4.39 Å². The van der Waals surface area contributed by atoms with E-state index in [0.29, 0.717) is 5.56 Å². The molecule has 0 radical (unpaired) electrons. The van der Waals surface area contributed by atoms with Crippen LogP contribution in [-0.4, -0.2) is 6.10 Å². The predicted octanol–water partition coefficient (Wildman–Crippen LogP) is 5.55. The van der Waals surface area contributed by atoms with Crippen molar-refractivity contribution in [3.8, 4) is 5.75 Å². The molecule has 112 valence electrons. The topological polar surface area (TPSA) is 21.3 Å². The van der Waals surface area contributed by atoms with E-state index in [1.54, 1.807) is 6.07 Å². The SMILES string of the molecule is CC(C)Oc1ccc(NC(C)c2ccc(Br)cc2F)cc1. The van der Waals surface area contributed by atoms with Crippen molar-refractivity contribution in [2.75, 3.05) is 5.32 Å². The molecule has 0 bridgehead atoms. The summed E-state index contributed by atoms with van der Waals surface area (Å²) in [6, 6.07) is 12.7. The monoisotopic (exact) mass is 351 g/mol. The second kappa shape index (κ2) is 6.94. The number of hydrogen-bond acceptors (Lipinski definition) is 2. The van der Waals surface area contributed by atoms with Crippen LogP contribution in [0.4, 0.5) is 10.1 Å². The molecular weight excluding hydrogens is 333 g/mol. The predicted molar refractivity (Wildman–Crippen MR) is 88.3 cm³/mol. The Balaban J connectivity index is 2.06. The molecule has 0 fully saturated rings. The van der Waals surface area contributed by atoms with Crippen molar-refractivity contribution >= 4 is 21.6 Å². The van der Waals surface area contributed by atoms with E-state index in [0.717, 1.165) is 15.9 Å². The minimum absolute atomic E-state index is 0.116. The second-order valence-corrected chi connectivity index (χ2v) is 6.14. The highest BCUT2D eigenvalue weighted by Gasteiger charge is 2.11. The van der Waals surface area contributed by atoms with Gasteiger partial charge in [-0.15, -0.1) is 0 Å². The maximum Gasteiger partial charge on any atom is 0.129 e. The van der Waals surface area contributed by atoms with Crippen LogP contribution >= 0.6 is 15.9 Å². The molecule has 0 spiro atoms. The lowest BCUT2D eigenvalue weighted by molar-refractivity contribution is 0.242. The molecule has 21 heavy (non-hydrogen) atoms. The molecule has 0 saturated carbocycles. The largest absolute Gasteiger partial charge is 0.491 e. The third kappa shape index (κ3) is 4.46. The van der Waals surface area contributed by atoms with Gasteiger partial charge in [0.2, 0.25) is 0 Å². The Hall–Kier alpha value is -1.55. The van der Waals surface area contributed by atoms with Crippen molar-refractivity contribution < 1.29 is 9.13 Å². The first kappa shape index (κ1) is 15.8. The fourth-order valence-corrected chi connectivity index (χ4v) is 2.42. The Bertz CT molecular complexity index is 598. The second-order valence-electron chi connectivity index (χ2n) is 5.22. The Labute approximate surface area is 133 Å². The zero-order valence-electron chi connectivity index (χ0n) is 12.4. The molecule has 2 aromatic carbocycles. The molecule has 4 heteroatoms. The smallest absolute Gasteiger partial charge is 0.129 e. The Morgan fingerprint density at radius 1 is 1.05 bits per heavy atom. The lowest BCUT2D eigenvalue weighted by Gasteiger charge is -2.17. The number of ether oxygens (including phenoxy) is 1. The Morgan fingerprint density at radius 2 is 1.71 bits per heavy atom. The molecular formula is C17H19BrFNO. The summed E-state index contributed by atoms with van der Waals surface area (Å²) in [6.45, 7) is 5.92. The van der Waals surface area contributed by atoms with Crippen LogP contribution in [0.2, 0.25) is 0 Å². The van der Waals surface area contributed by atoms with Crippen LogP contribution in [0.25, 0.3) is 0 Å². The van der Waals surface area contributed by atoms with E-state index in [1.807, 2.05) is 51.1 Å². The Morgan fingerprint density at radius 3 is 2.29 bits per heavy atom. The standard InChI is InChI=1S/C17H19BrFNO/c1-11(2)21-15-7-5-14(6-8-15)20-12(3)16-9-4-13(18)10-17(16)19/h4-12,20H,1-3H3. The number of hydrogen-bond donors (Lipinski definition) is 1. The highest BCUT2D eigenvalue weighted by atomic mass is 79.9. The summed E-state index contributed by atoms with van der Waals surface area (Å²) >= 11 is 3.27. The molecule has 2 rings (SSSR count). The highest BCUT2D eigenvalue weighted by Crippen LogP contribution is 2.25. The van der Waals surface area contributed by atoms with Gasteiger partial charge in [-0.3, -0.25) is 0 Å². The van der Waals surface area contributed by atoms with Gasteiger partial charge in [-0.25, -0.2) is 4.39 Å². The van der Waals surface area contributed by atoms with Gasteiger partial charge in [0.1, 0.15) is 11.6 Å². The van der Waals surface area contributed by atoms with E-state index in [-0.39, 0.29) is 18.0 Å². The zero-order chi connectivity index (χ0) is 15.4. The molecule has 0 aliphatic heterocycles. The summed E-state index contributed by atoms with van der Waals surface area (Å²) in [7, 11) is 0. The summed E-state index contributed by atoms with van der Waals surface area (Å²) in [5.41, 5.74) is 1.57. The van der Waals surface area contributed by atoms with Gasteiger partial charge in [-0.1, -0.05) is 22.0 Å². The van der Waals surface area contributed by atoms with Gasteiger partial charge >= 0.3 is 0 Å². The summed E-state index contributed by atoms with van der Waals surface area (Å²) < 4.78 is 20.3. The van der Waals surface area contributed by atoms with Gasteiger partial charge < -0.3 is 10.1 Å². The molecule has 1 atom stereocenters. The summed E-state index contributed by atoms with van der Waals surface area (Å²) in [5, 5.41) is 3.29. The maximum absolute atomic E-state index is 13.9. The quantitative estimate of drug-likeness (QED) is 0.762. The number of rotatable bonds is 5. The number of halogens is 2. The van der Waals surface area contributed by atoms with Crippen LogP contribution in [0, 0.1) is 5.82 Å². The lowest BCUT2D eigenvalue weighted by Crippen LogP contribution is -2.09. The van der Waals surface area contributed by atoms with Gasteiger partial charge in [0.15, 0.2) is 0 Å². The summed E-state index contributed by atoms with van der Waals surface area (Å²) in [6.07, 6.45) is 0.152. The van der Waals surface area contributed by atoms with Gasteiger partial charge in [0.25, 0.3) is 0 Å². The van der Waals surface area contributed by atoms with E-state index in [1.165, 1.54) is 6.07 Å². The van der Waals surface area contributed by atoms with Crippen molar-refractivity contribution in [1.82, 2.24) is 0 Å². The van der Waals surface area contributed by atoms with Crippen molar-refractivity contribution in [3.05, 3.63) is 58.3 Å². The molecule has 0 saturated heterocycles. The van der Waals surface area contributed by atoms with Crippen LogP contribution in [0.3, 0.4) is 0 Å². The fourth-order valence-electron chi connectivity index (χ4n) is 2.08. The number of benzene rings is 2. The maximum atomic E-state index is 13.9. The van der Waals surface area contributed by atoms with Crippen LogP contribution in [0.15, 0.2) is 46.9 Å². The van der Waals surface area contributed by atoms with Crippen LogP contribution in [0.5, 0.6) is 5.75 Å². The molecule has 0 aliphatic rings. The highest BCUT2D eigenvalue weighted by molar-refractivity contribution is 9.10. The van der Waals surface area contributed by atoms with Gasteiger partial charge in [-0.05, 0) is 57.2 Å². The molecule has 0 amide bonds. The van der Waals surface area contributed by atoms with Crippen molar-refractivity contribution in [2.24, 2.45) is 0 Å². The minimum Gasteiger partial charge on any atom is -0.491 e. The molecule has 1 N–H and O–H groups in total. The molecule has 0 aliphatic carbocycles. The number of nitrogens with one attached hydrogen (secondary N) is 1.